The van der Waals surface area contributed by atoms with Crippen LogP contribution >= 0.6 is 0 Å². The lowest BCUT2D eigenvalue weighted by molar-refractivity contribution is 0.0929. The number of benzene rings is 1. The molecule has 1 saturated heterocycles. The van der Waals surface area contributed by atoms with Crippen molar-refractivity contribution in [3.8, 4) is 11.3 Å². The first-order valence-corrected chi connectivity index (χ1v) is 9.27. The van der Waals surface area contributed by atoms with Crippen molar-refractivity contribution in [1.82, 2.24) is 15.2 Å². The van der Waals surface area contributed by atoms with E-state index in [2.05, 4.69) is 29.0 Å². The van der Waals surface area contributed by atoms with Crippen LogP contribution in [0.3, 0.4) is 0 Å². The Kier molecular flexibility index (Phi) is 5.99. The summed E-state index contributed by atoms with van der Waals surface area (Å²) in [5.41, 5.74) is 1.89. The first kappa shape index (κ1) is 18.5. The van der Waals surface area contributed by atoms with Crippen LogP contribution in [0.1, 0.15) is 37.0 Å². The maximum absolute atomic E-state index is 13.3. The highest BCUT2D eigenvalue weighted by Crippen LogP contribution is 2.19. The maximum atomic E-state index is 13.3. The van der Waals surface area contributed by atoms with Crippen molar-refractivity contribution in [2.45, 2.75) is 32.7 Å². The maximum Gasteiger partial charge on any atom is 0.252 e. The molecule has 2 heterocycles. The highest BCUT2D eigenvalue weighted by atomic mass is 19.1. The highest BCUT2D eigenvalue weighted by Gasteiger charge is 2.21. The second-order valence-electron chi connectivity index (χ2n) is 7.23. The van der Waals surface area contributed by atoms with Gasteiger partial charge in [-0.05, 0) is 70.0 Å². The lowest BCUT2D eigenvalue weighted by Gasteiger charge is -2.34. The van der Waals surface area contributed by atoms with Crippen LogP contribution in [0.2, 0.25) is 0 Å². The number of nitrogens with one attached hydrogen (secondary N) is 1. The van der Waals surface area contributed by atoms with Gasteiger partial charge < -0.3 is 10.2 Å². The third kappa shape index (κ3) is 4.67. The molecule has 0 unspecified atom stereocenters. The van der Waals surface area contributed by atoms with E-state index in [9.17, 15) is 9.18 Å². The Morgan fingerprint density at radius 1 is 1.27 bits per heavy atom. The number of nitrogens with zero attached hydrogens (tertiary/aromatic N) is 2. The largest absolute Gasteiger partial charge is 0.352 e. The number of hydrogen-bond acceptors (Lipinski definition) is 3. The normalized spacial score (nSPS) is 16.0. The molecule has 1 aliphatic heterocycles. The molecule has 2 aromatic rings. The van der Waals surface area contributed by atoms with Crippen molar-refractivity contribution in [2.24, 2.45) is 5.92 Å². The summed E-state index contributed by atoms with van der Waals surface area (Å²) in [6.07, 6.45) is 3.79. The number of pyridine rings is 1. The van der Waals surface area contributed by atoms with Crippen molar-refractivity contribution >= 4 is 5.91 Å². The Hall–Kier alpha value is -2.27. The molecule has 1 amide bonds. The summed E-state index contributed by atoms with van der Waals surface area (Å²) in [6.45, 7) is 7.35. The number of piperidine rings is 1. The van der Waals surface area contributed by atoms with E-state index < -0.39 is 0 Å². The molecule has 1 aromatic carbocycles. The Bertz CT molecular complexity index is 737. The summed E-state index contributed by atoms with van der Waals surface area (Å²) < 4.78 is 13.3. The van der Waals surface area contributed by atoms with Crippen LogP contribution in [-0.2, 0) is 0 Å². The van der Waals surface area contributed by atoms with E-state index >= 15 is 0 Å². The number of amides is 1. The van der Waals surface area contributed by atoms with E-state index in [0.717, 1.165) is 25.9 Å². The first-order chi connectivity index (χ1) is 12.5. The van der Waals surface area contributed by atoms with Gasteiger partial charge in [0.15, 0.2) is 0 Å². The Balaban J connectivity index is 1.52. The number of carbonyl (C=O) groups is 1. The minimum atomic E-state index is -0.297. The third-order valence-electron chi connectivity index (χ3n) is 5.08. The summed E-state index contributed by atoms with van der Waals surface area (Å²) in [5.74, 6) is 0.137. The second-order valence-corrected chi connectivity index (χ2v) is 7.23. The fourth-order valence-electron chi connectivity index (χ4n) is 3.36. The Morgan fingerprint density at radius 3 is 2.65 bits per heavy atom. The molecule has 26 heavy (non-hydrogen) atoms. The minimum absolute atomic E-state index is 0.102. The monoisotopic (exact) mass is 355 g/mol. The van der Waals surface area contributed by atoms with Crippen LogP contribution in [0.25, 0.3) is 11.3 Å². The summed E-state index contributed by atoms with van der Waals surface area (Å²) in [7, 11) is 0. The Morgan fingerprint density at radius 2 is 2.04 bits per heavy atom. The van der Waals surface area contributed by atoms with E-state index in [0.29, 0.717) is 35.3 Å². The molecule has 0 atom stereocenters. The quantitative estimate of drug-likeness (QED) is 0.889. The van der Waals surface area contributed by atoms with Crippen LogP contribution in [0.15, 0.2) is 42.6 Å². The van der Waals surface area contributed by atoms with Crippen LogP contribution in [-0.4, -0.2) is 41.5 Å². The van der Waals surface area contributed by atoms with E-state index in [-0.39, 0.29) is 11.7 Å². The molecular weight excluding hydrogens is 329 g/mol. The molecule has 0 radical (unpaired) electrons. The molecule has 0 spiro atoms. The zero-order valence-corrected chi connectivity index (χ0v) is 15.4. The number of aromatic nitrogens is 1. The molecule has 1 N–H and O–H groups in total. The average Bonchev–Trinajstić information content (AvgIpc) is 2.66. The summed E-state index contributed by atoms with van der Waals surface area (Å²) in [6, 6.07) is 10.4. The topological polar surface area (TPSA) is 45.2 Å². The zero-order chi connectivity index (χ0) is 18.5. The van der Waals surface area contributed by atoms with Crippen molar-refractivity contribution in [2.75, 3.05) is 19.6 Å². The van der Waals surface area contributed by atoms with Gasteiger partial charge in [-0.25, -0.2) is 4.39 Å². The lowest BCUT2D eigenvalue weighted by atomic mass is 9.96. The predicted octanol–water partition coefficient (Wildman–Crippen LogP) is 3.74. The molecule has 5 heteroatoms. The molecule has 4 nitrogen and oxygen atoms in total. The van der Waals surface area contributed by atoms with Gasteiger partial charge in [0.05, 0.1) is 11.3 Å². The minimum Gasteiger partial charge on any atom is -0.352 e. The van der Waals surface area contributed by atoms with E-state index in [1.807, 2.05) is 0 Å². The van der Waals surface area contributed by atoms with Crippen molar-refractivity contribution in [1.29, 1.82) is 0 Å². The molecule has 0 bridgehead atoms. The lowest BCUT2D eigenvalue weighted by Crippen LogP contribution is -2.41. The first-order valence-electron chi connectivity index (χ1n) is 9.27. The van der Waals surface area contributed by atoms with Gasteiger partial charge in [0.25, 0.3) is 5.91 Å². The molecule has 138 valence electrons. The van der Waals surface area contributed by atoms with E-state index in [1.165, 1.54) is 12.1 Å². The number of hydrogen-bond donors (Lipinski definition) is 1. The van der Waals surface area contributed by atoms with Gasteiger partial charge in [-0.1, -0.05) is 12.1 Å². The van der Waals surface area contributed by atoms with Crippen molar-refractivity contribution < 1.29 is 9.18 Å². The molecule has 1 fully saturated rings. The van der Waals surface area contributed by atoms with Gasteiger partial charge in [0, 0.05) is 24.3 Å². The highest BCUT2D eigenvalue weighted by molar-refractivity contribution is 5.94. The Labute approximate surface area is 154 Å². The standard InChI is InChI=1S/C21H26FN3O/c1-15(2)25-10-8-16(9-11-25)13-24-21(26)18-6-7-20(23-14-18)17-4-3-5-19(22)12-17/h3-7,12,14-16H,8-11,13H2,1-2H3,(H,24,26). The van der Waals surface area contributed by atoms with Gasteiger partial charge in [0.2, 0.25) is 0 Å². The molecular formula is C21H26FN3O. The van der Waals surface area contributed by atoms with Gasteiger partial charge in [-0.3, -0.25) is 9.78 Å². The van der Waals surface area contributed by atoms with Crippen LogP contribution in [0, 0.1) is 11.7 Å². The smallest absolute Gasteiger partial charge is 0.252 e. The number of likely N-dealkylation sites (tertiary alicyclic amines) is 1. The van der Waals surface area contributed by atoms with Crippen molar-refractivity contribution in [3.63, 3.8) is 0 Å². The summed E-state index contributed by atoms with van der Waals surface area (Å²) >= 11 is 0. The van der Waals surface area contributed by atoms with Gasteiger partial charge in [0.1, 0.15) is 5.82 Å². The predicted molar refractivity (Wildman–Crippen MR) is 101 cm³/mol. The SMILES string of the molecule is CC(C)N1CCC(CNC(=O)c2ccc(-c3cccc(F)c3)nc2)CC1. The van der Waals surface area contributed by atoms with Gasteiger partial charge >= 0.3 is 0 Å². The van der Waals surface area contributed by atoms with Crippen LogP contribution in [0.5, 0.6) is 0 Å². The molecule has 1 aliphatic rings. The molecule has 0 saturated carbocycles. The molecule has 0 aliphatic carbocycles. The molecule has 3 rings (SSSR count). The van der Waals surface area contributed by atoms with Crippen molar-refractivity contribution in [3.05, 3.63) is 54.0 Å². The number of carbonyl (C=O) groups excluding carboxylic acids is 1. The third-order valence-corrected chi connectivity index (χ3v) is 5.08. The second kappa shape index (κ2) is 8.41. The number of rotatable bonds is 5. The fourth-order valence-corrected chi connectivity index (χ4v) is 3.36. The fraction of sp³-hybridized carbons (Fsp3) is 0.429. The van der Waals surface area contributed by atoms with Gasteiger partial charge in [-0.2, -0.15) is 0 Å². The summed E-state index contributed by atoms with van der Waals surface area (Å²) in [4.78, 5) is 19.1. The van der Waals surface area contributed by atoms with E-state index in [4.69, 9.17) is 0 Å². The summed E-state index contributed by atoms with van der Waals surface area (Å²) in [5, 5.41) is 3.02. The van der Waals surface area contributed by atoms with Crippen LogP contribution in [0.4, 0.5) is 4.39 Å². The van der Waals surface area contributed by atoms with Gasteiger partial charge in [-0.15, -0.1) is 0 Å². The molecule has 1 aromatic heterocycles. The number of halogens is 1. The van der Waals surface area contributed by atoms with Crippen LogP contribution < -0.4 is 5.32 Å². The zero-order valence-electron chi connectivity index (χ0n) is 15.4. The van der Waals surface area contributed by atoms with E-state index in [1.54, 1.807) is 30.5 Å². The average molecular weight is 355 g/mol.